The molecule has 5 rings (SSSR count). The number of pyridine rings is 1. The number of aryl methyl sites for hydroxylation is 2. The van der Waals surface area contributed by atoms with E-state index in [-0.39, 0.29) is 11.3 Å². The Labute approximate surface area is 192 Å². The summed E-state index contributed by atoms with van der Waals surface area (Å²) in [4.78, 5) is 32.4. The van der Waals surface area contributed by atoms with Gasteiger partial charge in [-0.15, -0.1) is 11.3 Å². The maximum Gasteiger partial charge on any atom is 0.282 e. The fraction of sp³-hybridized carbons (Fsp3) is 0.120. The first-order valence-electron chi connectivity index (χ1n) is 10.3. The van der Waals surface area contributed by atoms with Crippen LogP contribution in [0.2, 0.25) is 0 Å². The molecule has 4 heterocycles. The molecule has 33 heavy (non-hydrogen) atoms. The van der Waals surface area contributed by atoms with Crippen LogP contribution in [-0.4, -0.2) is 26.1 Å². The molecule has 4 aromatic heterocycles. The minimum Gasteiger partial charge on any atom is -0.313 e. The number of halogens is 1. The Morgan fingerprint density at radius 3 is 2.61 bits per heavy atom. The summed E-state index contributed by atoms with van der Waals surface area (Å²) in [7, 11) is 0. The van der Waals surface area contributed by atoms with E-state index in [1.54, 1.807) is 16.8 Å². The van der Waals surface area contributed by atoms with Gasteiger partial charge in [-0.25, -0.2) is 9.37 Å². The molecule has 0 atom stereocenters. The lowest BCUT2D eigenvalue weighted by Crippen LogP contribution is -2.17. The fourth-order valence-corrected chi connectivity index (χ4v) is 4.95. The Morgan fingerprint density at radius 2 is 1.85 bits per heavy atom. The Kier molecular flexibility index (Phi) is 5.02. The quantitative estimate of drug-likeness (QED) is 0.285. The van der Waals surface area contributed by atoms with Crippen LogP contribution in [-0.2, 0) is 0 Å². The summed E-state index contributed by atoms with van der Waals surface area (Å²) in [5.74, 6) is -0.624. The lowest BCUT2D eigenvalue weighted by molar-refractivity contribution is 0.103. The third-order valence-electron chi connectivity index (χ3n) is 5.84. The average Bonchev–Trinajstić information content (AvgIpc) is 3.26. The SMILES string of the molecule is Cc1sc2ncn(/N=C/c3c(C)c(C(=O)c4ccc(F)cc4)n4ccccc34)c(=O)c2c1C. The van der Waals surface area contributed by atoms with E-state index in [0.717, 1.165) is 16.0 Å². The van der Waals surface area contributed by atoms with Gasteiger partial charge in [0.05, 0.1) is 22.8 Å². The molecular weight excluding hydrogens is 439 g/mol. The van der Waals surface area contributed by atoms with Crippen molar-refractivity contribution in [1.29, 1.82) is 0 Å². The van der Waals surface area contributed by atoms with Crippen molar-refractivity contribution < 1.29 is 9.18 Å². The van der Waals surface area contributed by atoms with Crippen LogP contribution in [0.15, 0.2) is 64.9 Å². The summed E-state index contributed by atoms with van der Waals surface area (Å²) in [6.07, 6.45) is 4.79. The van der Waals surface area contributed by atoms with Gasteiger partial charge in [0.25, 0.3) is 5.56 Å². The van der Waals surface area contributed by atoms with E-state index < -0.39 is 5.82 Å². The molecular formula is C25H19FN4O2S. The normalized spacial score (nSPS) is 11.8. The van der Waals surface area contributed by atoms with Crippen LogP contribution in [0.4, 0.5) is 4.39 Å². The Balaban J connectivity index is 1.64. The van der Waals surface area contributed by atoms with Crippen LogP contribution >= 0.6 is 11.3 Å². The van der Waals surface area contributed by atoms with Crippen molar-refractivity contribution in [1.82, 2.24) is 14.1 Å². The van der Waals surface area contributed by atoms with Crippen molar-refractivity contribution in [3.05, 3.63) is 104 Å². The van der Waals surface area contributed by atoms with E-state index in [2.05, 4.69) is 10.1 Å². The smallest absolute Gasteiger partial charge is 0.282 e. The zero-order chi connectivity index (χ0) is 23.3. The molecule has 0 N–H and O–H groups in total. The first kappa shape index (κ1) is 21.0. The molecule has 8 heteroatoms. The largest absolute Gasteiger partial charge is 0.313 e. The number of hydrogen-bond donors (Lipinski definition) is 0. The third kappa shape index (κ3) is 3.39. The third-order valence-corrected chi connectivity index (χ3v) is 6.96. The van der Waals surface area contributed by atoms with Gasteiger partial charge in [0.1, 0.15) is 17.0 Å². The van der Waals surface area contributed by atoms with E-state index in [9.17, 15) is 14.0 Å². The van der Waals surface area contributed by atoms with Crippen molar-refractivity contribution in [2.45, 2.75) is 20.8 Å². The number of aromatic nitrogens is 3. The Hall–Kier alpha value is -3.91. The molecule has 0 bridgehead atoms. The van der Waals surface area contributed by atoms with Crippen LogP contribution in [0.3, 0.4) is 0 Å². The van der Waals surface area contributed by atoms with E-state index in [0.29, 0.717) is 32.6 Å². The van der Waals surface area contributed by atoms with Gasteiger partial charge in [0, 0.05) is 22.2 Å². The molecule has 164 valence electrons. The number of carbonyl (C=O) groups excluding carboxylic acids is 1. The summed E-state index contributed by atoms with van der Waals surface area (Å²) in [5, 5.41) is 4.96. The lowest BCUT2D eigenvalue weighted by Gasteiger charge is -2.04. The number of hydrogen-bond acceptors (Lipinski definition) is 5. The zero-order valence-corrected chi connectivity index (χ0v) is 19.0. The molecule has 0 saturated heterocycles. The molecule has 0 unspecified atom stereocenters. The minimum atomic E-state index is -0.400. The molecule has 0 amide bonds. The topological polar surface area (TPSA) is 68.7 Å². The zero-order valence-electron chi connectivity index (χ0n) is 18.2. The molecule has 0 aliphatic heterocycles. The minimum absolute atomic E-state index is 0.224. The molecule has 0 spiro atoms. The van der Waals surface area contributed by atoms with Gasteiger partial charge in [-0.1, -0.05) is 6.07 Å². The highest BCUT2D eigenvalue weighted by Crippen LogP contribution is 2.26. The fourth-order valence-electron chi connectivity index (χ4n) is 3.97. The van der Waals surface area contributed by atoms with Crippen LogP contribution < -0.4 is 5.56 Å². The molecule has 0 fully saturated rings. The van der Waals surface area contributed by atoms with Crippen LogP contribution in [0.25, 0.3) is 15.7 Å². The van der Waals surface area contributed by atoms with Crippen molar-refractivity contribution in [2.75, 3.05) is 0 Å². The van der Waals surface area contributed by atoms with E-state index in [1.807, 2.05) is 39.0 Å². The van der Waals surface area contributed by atoms with Gasteiger partial charge in [-0.3, -0.25) is 9.59 Å². The summed E-state index contributed by atoms with van der Waals surface area (Å²) >= 11 is 1.49. The first-order chi connectivity index (χ1) is 15.9. The summed E-state index contributed by atoms with van der Waals surface area (Å²) < 4.78 is 16.3. The number of ketones is 1. The molecule has 0 aliphatic rings. The first-order valence-corrected chi connectivity index (χ1v) is 11.1. The van der Waals surface area contributed by atoms with Gasteiger partial charge in [-0.2, -0.15) is 9.78 Å². The van der Waals surface area contributed by atoms with Gasteiger partial charge < -0.3 is 4.40 Å². The van der Waals surface area contributed by atoms with E-state index >= 15 is 0 Å². The molecule has 0 saturated carbocycles. The summed E-state index contributed by atoms with van der Waals surface area (Å²) in [6, 6.07) is 11.1. The van der Waals surface area contributed by atoms with Crippen molar-refractivity contribution in [3.63, 3.8) is 0 Å². The van der Waals surface area contributed by atoms with Crippen molar-refractivity contribution in [3.8, 4) is 0 Å². The second kappa shape index (κ2) is 7.90. The average molecular weight is 459 g/mol. The van der Waals surface area contributed by atoms with Crippen LogP contribution in [0, 0.1) is 26.6 Å². The number of nitrogens with zero attached hydrogens (tertiary/aromatic N) is 4. The van der Waals surface area contributed by atoms with E-state index in [1.165, 1.54) is 46.6 Å². The predicted molar refractivity (Wildman–Crippen MR) is 128 cm³/mol. The summed E-state index contributed by atoms with van der Waals surface area (Å²) in [6.45, 7) is 5.71. The van der Waals surface area contributed by atoms with Gasteiger partial charge in [-0.05, 0) is 68.3 Å². The highest BCUT2D eigenvalue weighted by molar-refractivity contribution is 7.18. The summed E-state index contributed by atoms with van der Waals surface area (Å²) in [5.41, 5.74) is 3.73. The Morgan fingerprint density at radius 1 is 1.09 bits per heavy atom. The van der Waals surface area contributed by atoms with Crippen molar-refractivity contribution in [2.24, 2.45) is 5.10 Å². The lowest BCUT2D eigenvalue weighted by atomic mass is 10.0. The van der Waals surface area contributed by atoms with Crippen LogP contribution in [0.1, 0.15) is 37.6 Å². The molecule has 6 nitrogen and oxygen atoms in total. The van der Waals surface area contributed by atoms with Crippen LogP contribution in [0.5, 0.6) is 0 Å². The predicted octanol–water partition coefficient (Wildman–Crippen LogP) is 4.89. The molecule has 0 radical (unpaired) electrons. The molecule has 1 aromatic carbocycles. The molecule has 0 aliphatic carbocycles. The monoisotopic (exact) mass is 458 g/mol. The maximum absolute atomic E-state index is 13.3. The number of carbonyl (C=O) groups is 1. The second-order valence-corrected chi connectivity index (χ2v) is 8.98. The highest BCUT2D eigenvalue weighted by Gasteiger charge is 2.21. The van der Waals surface area contributed by atoms with E-state index in [4.69, 9.17) is 0 Å². The Bertz CT molecular complexity index is 1640. The number of benzene rings is 1. The number of thiophene rings is 1. The van der Waals surface area contributed by atoms with Gasteiger partial charge in [0.15, 0.2) is 0 Å². The second-order valence-electron chi connectivity index (χ2n) is 7.78. The maximum atomic E-state index is 13.3. The van der Waals surface area contributed by atoms with Crippen molar-refractivity contribution >= 4 is 39.1 Å². The molecule has 5 aromatic rings. The standard InChI is InChI=1S/C25H19FN4O2S/c1-14-16(3)33-24-21(14)25(32)30(13-27-24)28-12-19-15(2)22(29-11-5-4-6-20(19)29)23(31)17-7-9-18(26)10-8-17/h4-13H,1-3H3/b28-12+. The highest BCUT2D eigenvalue weighted by atomic mass is 32.1. The number of rotatable bonds is 4. The van der Waals surface area contributed by atoms with Gasteiger partial charge >= 0.3 is 0 Å². The number of fused-ring (bicyclic) bond motifs is 2. The van der Waals surface area contributed by atoms with Gasteiger partial charge in [0.2, 0.25) is 5.78 Å².